The predicted octanol–water partition coefficient (Wildman–Crippen LogP) is 3.87. The molecule has 0 spiro atoms. The third-order valence-electron chi connectivity index (χ3n) is 3.55. The largest absolute Gasteiger partial charge is 0.507 e. The van der Waals surface area contributed by atoms with Crippen molar-refractivity contribution < 1.29 is 5.11 Å². The molecule has 2 N–H and O–H groups in total. The highest BCUT2D eigenvalue weighted by Gasteiger charge is 2.13. The van der Waals surface area contributed by atoms with Crippen molar-refractivity contribution in [2.24, 2.45) is 0 Å². The van der Waals surface area contributed by atoms with Gasteiger partial charge in [-0.25, -0.2) is 9.97 Å². The molecule has 0 fully saturated rings. The van der Waals surface area contributed by atoms with Crippen LogP contribution in [0.15, 0.2) is 54.7 Å². The molecule has 4 nitrogen and oxygen atoms in total. The summed E-state index contributed by atoms with van der Waals surface area (Å²) < 4.78 is 0. The number of rotatable bonds is 3. The summed E-state index contributed by atoms with van der Waals surface area (Å²) in [5.74, 6) is 0.891. The smallest absolute Gasteiger partial charge is 0.125 e. The monoisotopic (exact) mass is 291 g/mol. The molecule has 1 heterocycles. The van der Waals surface area contributed by atoms with Gasteiger partial charge in [-0.1, -0.05) is 24.3 Å². The molecule has 0 saturated heterocycles. The van der Waals surface area contributed by atoms with E-state index in [-0.39, 0.29) is 5.75 Å². The Labute approximate surface area is 129 Å². The van der Waals surface area contributed by atoms with Crippen LogP contribution in [0.3, 0.4) is 0 Å². The zero-order valence-electron chi connectivity index (χ0n) is 12.5. The molecule has 0 aliphatic carbocycles. The Hall–Kier alpha value is -2.88. The number of nitrogens with zero attached hydrogens (tertiary/aromatic N) is 2. The molecule has 22 heavy (non-hydrogen) atoms. The Morgan fingerprint density at radius 2 is 1.68 bits per heavy atom. The lowest BCUT2D eigenvalue weighted by molar-refractivity contribution is 0.477. The fourth-order valence-corrected chi connectivity index (χ4v) is 2.38. The molecular weight excluding hydrogens is 274 g/mol. The Bertz CT molecular complexity index is 798. The maximum absolute atomic E-state index is 10.1. The SMILES string of the molecule is CNc1ccc(-c2cnc(C)nc2-c2ccccc2O)cc1. The van der Waals surface area contributed by atoms with E-state index >= 15 is 0 Å². The fraction of sp³-hybridized carbons (Fsp3) is 0.111. The number of nitrogens with one attached hydrogen (secondary N) is 1. The molecule has 3 aromatic rings. The summed E-state index contributed by atoms with van der Waals surface area (Å²) in [5, 5.41) is 13.2. The molecule has 4 heteroatoms. The molecule has 110 valence electrons. The van der Waals surface area contributed by atoms with Gasteiger partial charge < -0.3 is 10.4 Å². The van der Waals surface area contributed by atoms with Crippen LogP contribution in [0.4, 0.5) is 5.69 Å². The van der Waals surface area contributed by atoms with E-state index in [0.29, 0.717) is 11.4 Å². The second-order valence-electron chi connectivity index (χ2n) is 5.02. The van der Waals surface area contributed by atoms with Crippen molar-refractivity contribution in [3.05, 3.63) is 60.6 Å². The first-order valence-electron chi connectivity index (χ1n) is 7.09. The molecule has 0 aliphatic rings. The van der Waals surface area contributed by atoms with E-state index < -0.39 is 0 Å². The minimum Gasteiger partial charge on any atom is -0.507 e. The number of aromatic hydroxyl groups is 1. The van der Waals surface area contributed by atoms with Gasteiger partial charge in [-0.05, 0) is 36.8 Å². The normalized spacial score (nSPS) is 10.5. The molecule has 2 aromatic carbocycles. The zero-order chi connectivity index (χ0) is 15.5. The van der Waals surface area contributed by atoms with Gasteiger partial charge in [0, 0.05) is 30.1 Å². The highest BCUT2D eigenvalue weighted by atomic mass is 16.3. The predicted molar refractivity (Wildman–Crippen MR) is 88.9 cm³/mol. The second-order valence-corrected chi connectivity index (χ2v) is 5.02. The Morgan fingerprint density at radius 3 is 2.36 bits per heavy atom. The van der Waals surface area contributed by atoms with Gasteiger partial charge >= 0.3 is 0 Å². The Kier molecular flexibility index (Phi) is 3.74. The minimum atomic E-state index is 0.216. The third-order valence-corrected chi connectivity index (χ3v) is 3.55. The highest BCUT2D eigenvalue weighted by Crippen LogP contribution is 2.35. The summed E-state index contributed by atoms with van der Waals surface area (Å²) in [7, 11) is 1.89. The van der Waals surface area contributed by atoms with Gasteiger partial charge in [0.15, 0.2) is 0 Å². The van der Waals surface area contributed by atoms with Gasteiger partial charge in [-0.2, -0.15) is 0 Å². The zero-order valence-corrected chi connectivity index (χ0v) is 12.5. The molecule has 0 radical (unpaired) electrons. The first-order chi connectivity index (χ1) is 10.7. The average Bonchev–Trinajstić information content (AvgIpc) is 2.55. The van der Waals surface area contributed by atoms with Gasteiger partial charge in [0.25, 0.3) is 0 Å². The number of phenolic OH excluding ortho intramolecular Hbond substituents is 1. The number of anilines is 1. The molecule has 0 unspecified atom stereocenters. The first kappa shape index (κ1) is 14.1. The summed E-state index contributed by atoms with van der Waals surface area (Å²) in [6, 6.07) is 15.3. The van der Waals surface area contributed by atoms with E-state index in [1.54, 1.807) is 18.3 Å². The van der Waals surface area contributed by atoms with Crippen molar-refractivity contribution >= 4 is 5.69 Å². The lowest BCUT2D eigenvalue weighted by Crippen LogP contribution is -1.95. The minimum absolute atomic E-state index is 0.216. The van der Waals surface area contributed by atoms with E-state index in [9.17, 15) is 5.11 Å². The van der Waals surface area contributed by atoms with E-state index in [0.717, 1.165) is 22.5 Å². The summed E-state index contributed by atoms with van der Waals surface area (Å²) in [6.07, 6.45) is 1.80. The van der Waals surface area contributed by atoms with E-state index in [2.05, 4.69) is 15.3 Å². The molecule has 1 aromatic heterocycles. The van der Waals surface area contributed by atoms with Crippen molar-refractivity contribution in [3.63, 3.8) is 0 Å². The first-order valence-corrected chi connectivity index (χ1v) is 7.09. The highest BCUT2D eigenvalue weighted by molar-refractivity contribution is 5.83. The Balaban J connectivity index is 2.18. The van der Waals surface area contributed by atoms with Crippen LogP contribution in [0.5, 0.6) is 5.75 Å². The van der Waals surface area contributed by atoms with Crippen LogP contribution in [-0.4, -0.2) is 22.1 Å². The molecular formula is C18H17N3O. The van der Waals surface area contributed by atoms with Gasteiger partial charge in [0.2, 0.25) is 0 Å². The van der Waals surface area contributed by atoms with Crippen molar-refractivity contribution in [1.82, 2.24) is 9.97 Å². The quantitative estimate of drug-likeness (QED) is 0.769. The van der Waals surface area contributed by atoms with Crippen molar-refractivity contribution in [3.8, 4) is 28.1 Å². The van der Waals surface area contributed by atoms with Crippen LogP contribution in [0.2, 0.25) is 0 Å². The van der Waals surface area contributed by atoms with Crippen molar-refractivity contribution in [2.45, 2.75) is 6.92 Å². The standard InChI is InChI=1S/C18H17N3O/c1-12-20-11-16(13-7-9-14(19-2)10-8-13)18(21-12)15-5-3-4-6-17(15)22/h3-11,19,22H,1-2H3. The fourth-order valence-electron chi connectivity index (χ4n) is 2.38. The number of phenols is 1. The summed E-state index contributed by atoms with van der Waals surface area (Å²) in [4.78, 5) is 8.84. The molecule has 0 saturated carbocycles. The number of aryl methyl sites for hydroxylation is 1. The van der Waals surface area contributed by atoms with Crippen LogP contribution in [0, 0.1) is 6.92 Å². The summed E-state index contributed by atoms with van der Waals surface area (Å²) in [5.41, 5.74) is 4.40. The number of hydrogen-bond donors (Lipinski definition) is 2. The maximum atomic E-state index is 10.1. The second kappa shape index (κ2) is 5.85. The van der Waals surface area contributed by atoms with E-state index in [4.69, 9.17) is 0 Å². The molecule has 0 aliphatic heterocycles. The lowest BCUT2D eigenvalue weighted by Gasteiger charge is -2.11. The average molecular weight is 291 g/mol. The summed E-state index contributed by atoms with van der Waals surface area (Å²) >= 11 is 0. The van der Waals surface area contributed by atoms with Crippen LogP contribution in [0.1, 0.15) is 5.82 Å². The summed E-state index contributed by atoms with van der Waals surface area (Å²) in [6.45, 7) is 1.84. The number of benzene rings is 2. The maximum Gasteiger partial charge on any atom is 0.125 e. The number of para-hydroxylation sites is 1. The van der Waals surface area contributed by atoms with E-state index in [1.807, 2.05) is 50.4 Å². The van der Waals surface area contributed by atoms with Crippen LogP contribution < -0.4 is 5.32 Å². The number of hydrogen-bond acceptors (Lipinski definition) is 4. The molecule has 0 amide bonds. The molecule has 3 rings (SSSR count). The third kappa shape index (κ3) is 2.63. The topological polar surface area (TPSA) is 58.0 Å². The van der Waals surface area contributed by atoms with Gasteiger partial charge in [0.1, 0.15) is 11.6 Å². The van der Waals surface area contributed by atoms with Crippen LogP contribution >= 0.6 is 0 Å². The van der Waals surface area contributed by atoms with Gasteiger partial charge in [-0.15, -0.1) is 0 Å². The Morgan fingerprint density at radius 1 is 0.955 bits per heavy atom. The molecule has 0 atom stereocenters. The van der Waals surface area contributed by atoms with Crippen LogP contribution in [-0.2, 0) is 0 Å². The van der Waals surface area contributed by atoms with Gasteiger partial charge in [0.05, 0.1) is 5.69 Å². The van der Waals surface area contributed by atoms with Crippen molar-refractivity contribution in [2.75, 3.05) is 12.4 Å². The number of aromatic nitrogens is 2. The molecule has 0 bridgehead atoms. The van der Waals surface area contributed by atoms with E-state index in [1.165, 1.54) is 0 Å². The van der Waals surface area contributed by atoms with Crippen molar-refractivity contribution in [1.29, 1.82) is 0 Å². The van der Waals surface area contributed by atoms with Gasteiger partial charge in [-0.3, -0.25) is 0 Å². The van der Waals surface area contributed by atoms with Crippen LogP contribution in [0.25, 0.3) is 22.4 Å². The lowest BCUT2D eigenvalue weighted by atomic mass is 10.00.